The van der Waals surface area contributed by atoms with Crippen molar-refractivity contribution in [3.63, 3.8) is 0 Å². The minimum absolute atomic E-state index is 0.0686. The highest BCUT2D eigenvalue weighted by molar-refractivity contribution is 7.99. The van der Waals surface area contributed by atoms with Gasteiger partial charge in [0, 0.05) is 36.7 Å². The molecule has 0 aliphatic carbocycles. The van der Waals surface area contributed by atoms with Gasteiger partial charge in [-0.15, -0.1) is 11.3 Å². The summed E-state index contributed by atoms with van der Waals surface area (Å²) >= 11 is 3.45. The van der Waals surface area contributed by atoms with Gasteiger partial charge in [-0.2, -0.15) is 11.8 Å². The standard InChI is InChI=1S/C23H27N3O2S2/c1-17(2)15-26(22(27)20-9-6-12-30-20)16-19-21(18-7-4-3-5-8-18)24-28-23(19)25-10-13-29-14-11-25/h3-9,12,17H,10-11,13-16H2,1-2H3. The number of hydrogen-bond donors (Lipinski definition) is 0. The third kappa shape index (κ3) is 4.73. The van der Waals surface area contributed by atoms with Gasteiger partial charge >= 0.3 is 0 Å². The number of thiophene rings is 1. The van der Waals surface area contributed by atoms with E-state index >= 15 is 0 Å². The summed E-state index contributed by atoms with van der Waals surface area (Å²) in [5.74, 6) is 3.39. The van der Waals surface area contributed by atoms with Crippen LogP contribution < -0.4 is 4.90 Å². The van der Waals surface area contributed by atoms with Gasteiger partial charge in [-0.05, 0) is 17.4 Å². The smallest absolute Gasteiger partial charge is 0.264 e. The fourth-order valence-corrected chi connectivity index (χ4v) is 5.28. The van der Waals surface area contributed by atoms with Gasteiger partial charge in [-0.25, -0.2) is 0 Å². The quantitative estimate of drug-likeness (QED) is 0.501. The van der Waals surface area contributed by atoms with Crippen LogP contribution in [0.1, 0.15) is 29.1 Å². The van der Waals surface area contributed by atoms with Crippen LogP contribution >= 0.6 is 23.1 Å². The van der Waals surface area contributed by atoms with E-state index in [0.717, 1.165) is 52.2 Å². The van der Waals surface area contributed by atoms with Crippen LogP contribution in [0.4, 0.5) is 5.88 Å². The molecule has 7 heteroatoms. The molecule has 1 aromatic carbocycles. The van der Waals surface area contributed by atoms with Crippen molar-refractivity contribution >= 4 is 34.9 Å². The number of nitrogens with zero attached hydrogens (tertiary/aromatic N) is 3. The Morgan fingerprint density at radius 3 is 2.60 bits per heavy atom. The van der Waals surface area contributed by atoms with Crippen molar-refractivity contribution in [2.45, 2.75) is 20.4 Å². The molecule has 3 heterocycles. The number of thioether (sulfide) groups is 1. The number of aromatic nitrogens is 1. The summed E-state index contributed by atoms with van der Waals surface area (Å²) in [5.41, 5.74) is 2.84. The van der Waals surface area contributed by atoms with E-state index in [9.17, 15) is 4.79 Å². The van der Waals surface area contributed by atoms with E-state index in [1.165, 1.54) is 11.3 Å². The van der Waals surface area contributed by atoms with Crippen LogP contribution in [0.5, 0.6) is 0 Å². The zero-order valence-electron chi connectivity index (χ0n) is 17.4. The first-order valence-electron chi connectivity index (χ1n) is 10.3. The minimum Gasteiger partial charge on any atom is -0.339 e. The topological polar surface area (TPSA) is 49.6 Å². The molecule has 0 radical (unpaired) electrons. The number of benzene rings is 1. The Bertz CT molecular complexity index is 948. The van der Waals surface area contributed by atoms with Gasteiger partial charge in [0.05, 0.1) is 17.0 Å². The van der Waals surface area contributed by atoms with Crippen LogP contribution in [0.25, 0.3) is 11.3 Å². The average molecular weight is 442 g/mol. The first-order chi connectivity index (χ1) is 14.6. The molecule has 3 aromatic rings. The summed E-state index contributed by atoms with van der Waals surface area (Å²) < 4.78 is 5.90. The second kappa shape index (κ2) is 9.71. The molecule has 0 bridgehead atoms. The maximum atomic E-state index is 13.3. The van der Waals surface area contributed by atoms with Gasteiger partial charge in [0.25, 0.3) is 5.91 Å². The summed E-state index contributed by atoms with van der Waals surface area (Å²) in [5, 5.41) is 6.41. The van der Waals surface area contributed by atoms with Gasteiger partial charge < -0.3 is 14.3 Å². The molecule has 4 rings (SSSR count). The Kier molecular flexibility index (Phi) is 6.79. The molecule has 2 aromatic heterocycles. The predicted molar refractivity (Wildman–Crippen MR) is 125 cm³/mol. The lowest BCUT2D eigenvalue weighted by molar-refractivity contribution is 0.0728. The summed E-state index contributed by atoms with van der Waals surface area (Å²) in [6.45, 7) is 7.33. The van der Waals surface area contributed by atoms with E-state index in [1.54, 1.807) is 0 Å². The average Bonchev–Trinajstić information content (AvgIpc) is 3.44. The molecule has 30 heavy (non-hydrogen) atoms. The Morgan fingerprint density at radius 1 is 1.17 bits per heavy atom. The number of carbonyl (C=O) groups is 1. The summed E-state index contributed by atoms with van der Waals surface area (Å²) in [7, 11) is 0. The monoisotopic (exact) mass is 441 g/mol. The zero-order valence-corrected chi connectivity index (χ0v) is 19.0. The Hall–Kier alpha value is -2.25. The third-order valence-corrected chi connectivity index (χ3v) is 6.87. The van der Waals surface area contributed by atoms with E-state index in [2.05, 4.69) is 23.9 Å². The lowest BCUT2D eigenvalue weighted by Gasteiger charge is -2.28. The molecular formula is C23H27N3O2S2. The number of hydrogen-bond acceptors (Lipinski definition) is 6. The molecule has 1 amide bonds. The third-order valence-electron chi connectivity index (χ3n) is 5.07. The van der Waals surface area contributed by atoms with Crippen molar-refractivity contribution in [3.8, 4) is 11.3 Å². The molecule has 158 valence electrons. The van der Waals surface area contributed by atoms with Crippen molar-refractivity contribution in [2.75, 3.05) is 36.0 Å². The highest BCUT2D eigenvalue weighted by Crippen LogP contribution is 2.34. The minimum atomic E-state index is 0.0686. The molecule has 5 nitrogen and oxygen atoms in total. The number of rotatable bonds is 7. The summed E-state index contributed by atoms with van der Waals surface area (Å²) in [6.07, 6.45) is 0. The van der Waals surface area contributed by atoms with Crippen molar-refractivity contribution in [3.05, 3.63) is 58.3 Å². The molecule has 0 spiro atoms. The van der Waals surface area contributed by atoms with Crippen molar-refractivity contribution < 1.29 is 9.32 Å². The highest BCUT2D eigenvalue weighted by atomic mass is 32.2. The van der Waals surface area contributed by atoms with Crippen LogP contribution in [0.3, 0.4) is 0 Å². The van der Waals surface area contributed by atoms with Gasteiger partial charge in [0.15, 0.2) is 0 Å². The van der Waals surface area contributed by atoms with Crippen LogP contribution in [0, 0.1) is 5.92 Å². The first kappa shape index (κ1) is 21.0. The molecule has 0 N–H and O–H groups in total. The van der Waals surface area contributed by atoms with Gasteiger partial charge in [-0.3, -0.25) is 4.79 Å². The number of amides is 1. The molecule has 0 unspecified atom stereocenters. The van der Waals surface area contributed by atoms with E-state index in [4.69, 9.17) is 4.52 Å². The maximum absolute atomic E-state index is 13.3. The second-order valence-corrected chi connectivity index (χ2v) is 10.0. The molecular weight excluding hydrogens is 414 g/mol. The maximum Gasteiger partial charge on any atom is 0.264 e. The van der Waals surface area contributed by atoms with Gasteiger partial charge in [0.2, 0.25) is 5.88 Å². The SMILES string of the molecule is CC(C)CN(Cc1c(-c2ccccc2)noc1N1CCSCC1)C(=O)c1cccs1. The molecule has 0 saturated carbocycles. The van der Waals surface area contributed by atoms with Crippen LogP contribution in [-0.2, 0) is 6.54 Å². The first-order valence-corrected chi connectivity index (χ1v) is 12.4. The lowest BCUT2D eigenvalue weighted by atomic mass is 10.1. The number of anilines is 1. The molecule has 1 fully saturated rings. The van der Waals surface area contributed by atoms with Crippen LogP contribution in [0.15, 0.2) is 52.4 Å². The van der Waals surface area contributed by atoms with Gasteiger partial charge in [0.1, 0.15) is 5.69 Å². The van der Waals surface area contributed by atoms with E-state index in [-0.39, 0.29) is 5.91 Å². The number of carbonyl (C=O) groups excluding carboxylic acids is 1. The molecule has 0 atom stereocenters. The van der Waals surface area contributed by atoms with E-state index in [0.29, 0.717) is 19.0 Å². The van der Waals surface area contributed by atoms with Crippen molar-refractivity contribution in [2.24, 2.45) is 5.92 Å². The van der Waals surface area contributed by atoms with E-state index in [1.807, 2.05) is 64.5 Å². The second-order valence-electron chi connectivity index (χ2n) is 7.84. The summed E-state index contributed by atoms with van der Waals surface area (Å²) in [6, 6.07) is 13.9. The largest absolute Gasteiger partial charge is 0.339 e. The Balaban J connectivity index is 1.72. The fraction of sp³-hybridized carbons (Fsp3) is 0.391. The van der Waals surface area contributed by atoms with Crippen LogP contribution in [-0.4, -0.2) is 47.1 Å². The molecule has 1 aliphatic heterocycles. The predicted octanol–water partition coefficient (Wildman–Crippen LogP) is 5.25. The lowest BCUT2D eigenvalue weighted by Crippen LogP contribution is -2.36. The zero-order chi connectivity index (χ0) is 20.9. The van der Waals surface area contributed by atoms with Gasteiger partial charge in [-0.1, -0.05) is 55.4 Å². The fourth-order valence-electron chi connectivity index (χ4n) is 3.69. The Labute approximate surface area is 186 Å². The normalized spacial score (nSPS) is 14.3. The molecule has 1 saturated heterocycles. The summed E-state index contributed by atoms with van der Waals surface area (Å²) in [4.78, 5) is 18.3. The van der Waals surface area contributed by atoms with Crippen LogP contribution in [0.2, 0.25) is 0 Å². The van der Waals surface area contributed by atoms with E-state index < -0.39 is 0 Å². The highest BCUT2D eigenvalue weighted by Gasteiger charge is 2.28. The molecule has 1 aliphatic rings. The van der Waals surface area contributed by atoms with Crippen molar-refractivity contribution in [1.82, 2.24) is 10.1 Å². The van der Waals surface area contributed by atoms with Crippen molar-refractivity contribution in [1.29, 1.82) is 0 Å². The Morgan fingerprint density at radius 2 is 1.93 bits per heavy atom.